The number of nitrogens with one attached hydrogen (secondary N) is 1. The molecule has 2 heteroatoms. The van der Waals surface area contributed by atoms with Gasteiger partial charge in [-0.1, -0.05) is 20.8 Å². The summed E-state index contributed by atoms with van der Waals surface area (Å²) >= 11 is 0. The lowest BCUT2D eigenvalue weighted by Gasteiger charge is -2.32. The molecule has 14 heavy (non-hydrogen) atoms. The summed E-state index contributed by atoms with van der Waals surface area (Å²) in [6.07, 6.45) is 5.75. The van der Waals surface area contributed by atoms with E-state index in [1.54, 1.807) is 0 Å². The zero-order chi connectivity index (χ0) is 10.4. The Morgan fingerprint density at radius 1 is 1.36 bits per heavy atom. The van der Waals surface area contributed by atoms with Gasteiger partial charge in [-0.3, -0.25) is 4.79 Å². The van der Waals surface area contributed by atoms with Crippen LogP contribution >= 0.6 is 0 Å². The molecule has 0 radical (unpaired) electrons. The number of hydrogen-bond donors (Lipinski definition) is 1. The van der Waals surface area contributed by atoms with E-state index in [0.717, 1.165) is 12.8 Å². The highest BCUT2D eigenvalue weighted by molar-refractivity contribution is 5.80. The maximum absolute atomic E-state index is 11.8. The molecule has 1 saturated heterocycles. The Balaban J connectivity index is 1.92. The molecule has 1 aliphatic heterocycles. The molecule has 2 rings (SSSR count). The van der Waals surface area contributed by atoms with Crippen molar-refractivity contribution in [2.75, 3.05) is 0 Å². The minimum atomic E-state index is 0.255. The molecule has 1 spiro atoms. The molecule has 0 aromatic heterocycles. The van der Waals surface area contributed by atoms with Gasteiger partial charge >= 0.3 is 0 Å². The van der Waals surface area contributed by atoms with E-state index < -0.39 is 0 Å². The second kappa shape index (κ2) is 2.98. The molecule has 80 valence electrons. The van der Waals surface area contributed by atoms with Crippen LogP contribution in [0.4, 0.5) is 0 Å². The molecule has 0 bridgehead atoms. The Morgan fingerprint density at radius 3 is 2.43 bits per heavy atom. The predicted molar refractivity (Wildman–Crippen MR) is 56.9 cm³/mol. The maximum Gasteiger partial charge on any atom is 0.223 e. The normalized spacial score (nSPS) is 30.2. The van der Waals surface area contributed by atoms with E-state index in [-0.39, 0.29) is 16.9 Å². The largest absolute Gasteiger partial charge is 0.350 e. The van der Waals surface area contributed by atoms with Crippen LogP contribution in [0.25, 0.3) is 0 Å². The Labute approximate surface area is 86.5 Å². The summed E-state index contributed by atoms with van der Waals surface area (Å²) in [5.74, 6) is 0.574. The van der Waals surface area contributed by atoms with Gasteiger partial charge in [0, 0.05) is 11.5 Å². The number of piperidine rings is 1. The molecule has 1 saturated carbocycles. The van der Waals surface area contributed by atoms with Crippen molar-refractivity contribution in [2.24, 2.45) is 11.3 Å². The fourth-order valence-corrected chi connectivity index (χ4v) is 2.47. The van der Waals surface area contributed by atoms with E-state index in [1.165, 1.54) is 19.3 Å². The van der Waals surface area contributed by atoms with E-state index in [9.17, 15) is 4.79 Å². The van der Waals surface area contributed by atoms with Crippen LogP contribution in [0.5, 0.6) is 0 Å². The van der Waals surface area contributed by atoms with E-state index >= 15 is 0 Å². The molecule has 1 N–H and O–H groups in total. The molecule has 1 aliphatic carbocycles. The lowest BCUT2D eigenvalue weighted by molar-refractivity contribution is -0.129. The SMILES string of the molecule is CC(C)(C)CC1CCC2(CC2)NC1=O. The maximum atomic E-state index is 11.8. The van der Waals surface area contributed by atoms with Gasteiger partial charge in [0.25, 0.3) is 0 Å². The Hall–Kier alpha value is -0.530. The average molecular weight is 195 g/mol. The topological polar surface area (TPSA) is 29.1 Å². The zero-order valence-corrected chi connectivity index (χ0v) is 9.52. The Kier molecular flexibility index (Phi) is 2.13. The molecular weight excluding hydrogens is 174 g/mol. The number of rotatable bonds is 1. The predicted octanol–water partition coefficient (Wildman–Crippen LogP) is 2.48. The van der Waals surface area contributed by atoms with Crippen molar-refractivity contribution in [3.63, 3.8) is 0 Å². The van der Waals surface area contributed by atoms with Crippen LogP contribution in [-0.2, 0) is 4.79 Å². The number of hydrogen-bond acceptors (Lipinski definition) is 1. The number of carbonyl (C=O) groups excluding carboxylic acids is 1. The molecule has 0 aromatic rings. The molecule has 0 aromatic carbocycles. The summed E-state index contributed by atoms with van der Waals surface area (Å²) in [6, 6.07) is 0. The summed E-state index contributed by atoms with van der Waals surface area (Å²) in [4.78, 5) is 11.8. The summed E-state index contributed by atoms with van der Waals surface area (Å²) in [6.45, 7) is 6.63. The number of carbonyl (C=O) groups is 1. The van der Waals surface area contributed by atoms with Gasteiger partial charge in [-0.05, 0) is 37.5 Å². The molecule has 1 atom stereocenters. The van der Waals surface area contributed by atoms with E-state index in [2.05, 4.69) is 26.1 Å². The highest BCUT2D eigenvalue weighted by Gasteiger charge is 2.48. The number of amides is 1. The molecular formula is C12H21NO. The third kappa shape index (κ3) is 2.10. The third-order valence-corrected chi connectivity index (χ3v) is 3.44. The van der Waals surface area contributed by atoms with Gasteiger partial charge in [-0.15, -0.1) is 0 Å². The van der Waals surface area contributed by atoms with Crippen molar-refractivity contribution in [1.82, 2.24) is 5.32 Å². The molecule has 1 amide bonds. The summed E-state index contributed by atoms with van der Waals surface area (Å²) in [5.41, 5.74) is 0.529. The first-order valence-corrected chi connectivity index (χ1v) is 5.72. The monoisotopic (exact) mass is 195 g/mol. The standard InChI is InChI=1S/C12H21NO/c1-11(2,3)8-9-4-5-12(6-7-12)13-10(9)14/h9H,4-8H2,1-3H3,(H,13,14). The molecule has 2 nitrogen and oxygen atoms in total. The van der Waals surface area contributed by atoms with Gasteiger partial charge in [0.2, 0.25) is 5.91 Å². The van der Waals surface area contributed by atoms with Crippen molar-refractivity contribution in [3.05, 3.63) is 0 Å². The van der Waals surface area contributed by atoms with Crippen molar-refractivity contribution in [2.45, 2.75) is 58.4 Å². The molecule has 1 unspecified atom stereocenters. The Bertz CT molecular complexity index is 248. The van der Waals surface area contributed by atoms with Crippen LogP contribution in [0, 0.1) is 11.3 Å². The average Bonchev–Trinajstić information content (AvgIpc) is 2.75. The van der Waals surface area contributed by atoms with Crippen LogP contribution in [0.15, 0.2) is 0 Å². The van der Waals surface area contributed by atoms with Crippen LogP contribution in [0.1, 0.15) is 52.9 Å². The molecule has 2 fully saturated rings. The van der Waals surface area contributed by atoms with Gasteiger partial charge in [0.15, 0.2) is 0 Å². The van der Waals surface area contributed by atoms with E-state index in [0.29, 0.717) is 5.91 Å². The van der Waals surface area contributed by atoms with Crippen LogP contribution in [0.3, 0.4) is 0 Å². The summed E-state index contributed by atoms with van der Waals surface area (Å²) in [7, 11) is 0. The molecule has 1 heterocycles. The van der Waals surface area contributed by atoms with E-state index in [4.69, 9.17) is 0 Å². The first-order valence-electron chi connectivity index (χ1n) is 5.72. The van der Waals surface area contributed by atoms with Crippen molar-refractivity contribution in [3.8, 4) is 0 Å². The summed E-state index contributed by atoms with van der Waals surface area (Å²) in [5, 5.41) is 3.20. The lowest BCUT2D eigenvalue weighted by Crippen LogP contribution is -2.46. The fraction of sp³-hybridized carbons (Fsp3) is 0.917. The second-order valence-corrected chi connectivity index (χ2v) is 6.27. The van der Waals surface area contributed by atoms with Gasteiger partial charge < -0.3 is 5.32 Å². The first-order chi connectivity index (χ1) is 6.40. The van der Waals surface area contributed by atoms with Gasteiger partial charge in [0.05, 0.1) is 0 Å². The van der Waals surface area contributed by atoms with Crippen molar-refractivity contribution < 1.29 is 4.79 Å². The van der Waals surface area contributed by atoms with Gasteiger partial charge in [-0.25, -0.2) is 0 Å². The van der Waals surface area contributed by atoms with Crippen molar-refractivity contribution >= 4 is 5.91 Å². The fourth-order valence-electron chi connectivity index (χ4n) is 2.47. The highest BCUT2D eigenvalue weighted by Crippen LogP contribution is 2.44. The zero-order valence-electron chi connectivity index (χ0n) is 9.52. The summed E-state index contributed by atoms with van der Waals surface area (Å²) < 4.78 is 0. The minimum absolute atomic E-state index is 0.255. The highest BCUT2D eigenvalue weighted by atomic mass is 16.2. The first kappa shape index (κ1) is 10.0. The third-order valence-electron chi connectivity index (χ3n) is 3.44. The van der Waals surface area contributed by atoms with Crippen molar-refractivity contribution in [1.29, 1.82) is 0 Å². The quantitative estimate of drug-likeness (QED) is 0.684. The smallest absolute Gasteiger partial charge is 0.223 e. The second-order valence-electron chi connectivity index (χ2n) is 6.27. The van der Waals surface area contributed by atoms with E-state index in [1.807, 2.05) is 0 Å². The van der Waals surface area contributed by atoms with Gasteiger partial charge in [-0.2, -0.15) is 0 Å². The molecule has 2 aliphatic rings. The Morgan fingerprint density at radius 2 is 2.00 bits per heavy atom. The van der Waals surface area contributed by atoms with Crippen LogP contribution in [-0.4, -0.2) is 11.4 Å². The minimum Gasteiger partial charge on any atom is -0.350 e. The lowest BCUT2D eigenvalue weighted by atomic mass is 9.79. The van der Waals surface area contributed by atoms with Crippen LogP contribution < -0.4 is 5.32 Å². The van der Waals surface area contributed by atoms with Gasteiger partial charge in [0.1, 0.15) is 0 Å². The van der Waals surface area contributed by atoms with Crippen LogP contribution in [0.2, 0.25) is 0 Å².